The molecule has 4 unspecified atom stereocenters. The van der Waals surface area contributed by atoms with Gasteiger partial charge in [0, 0.05) is 24.3 Å². The minimum Gasteiger partial charge on any atom is -0.501 e. The van der Waals surface area contributed by atoms with Crippen LogP contribution < -0.4 is 5.32 Å². The fourth-order valence-corrected chi connectivity index (χ4v) is 5.08. The van der Waals surface area contributed by atoms with Crippen LogP contribution in [-0.2, 0) is 9.53 Å². The Bertz CT molecular complexity index is 919. The molecule has 0 aromatic rings. The highest BCUT2D eigenvalue weighted by molar-refractivity contribution is 6.04. The first-order valence-corrected chi connectivity index (χ1v) is 11.0. The van der Waals surface area contributed by atoms with Crippen LogP contribution >= 0.6 is 0 Å². The molecule has 0 spiro atoms. The van der Waals surface area contributed by atoms with E-state index in [1.807, 2.05) is 12.3 Å². The van der Waals surface area contributed by atoms with Crippen molar-refractivity contribution in [2.75, 3.05) is 7.11 Å². The number of rotatable bonds is 7. The van der Waals surface area contributed by atoms with Gasteiger partial charge in [0.25, 0.3) is 0 Å². The van der Waals surface area contributed by atoms with Crippen LogP contribution in [0.3, 0.4) is 0 Å². The second-order valence-electron chi connectivity index (χ2n) is 9.23. The summed E-state index contributed by atoms with van der Waals surface area (Å²) in [6, 6.07) is 0. The summed E-state index contributed by atoms with van der Waals surface area (Å²) in [4.78, 5) is 17.7. The summed E-state index contributed by atoms with van der Waals surface area (Å²) in [5.74, 6) is 1.90. The molecule has 1 heterocycles. The van der Waals surface area contributed by atoms with E-state index >= 15 is 0 Å². The zero-order valence-electron chi connectivity index (χ0n) is 17.4. The van der Waals surface area contributed by atoms with Crippen molar-refractivity contribution in [2.24, 2.45) is 27.7 Å². The van der Waals surface area contributed by atoms with Gasteiger partial charge in [0.15, 0.2) is 0 Å². The number of methoxy groups -OCH3 is 1. The summed E-state index contributed by atoms with van der Waals surface area (Å²) in [6.07, 6.45) is 23.0. The number of fused-ring (bicyclic) bond motifs is 2. The minimum absolute atomic E-state index is 0.0512. The van der Waals surface area contributed by atoms with Crippen molar-refractivity contribution >= 4 is 12.1 Å². The molecule has 4 aliphatic carbocycles. The molecule has 0 aromatic carbocycles. The van der Waals surface area contributed by atoms with E-state index in [1.54, 1.807) is 7.11 Å². The molecule has 5 aliphatic rings. The molecule has 4 heteroatoms. The number of nitrogens with one attached hydrogen (secondary N) is 1. The summed E-state index contributed by atoms with van der Waals surface area (Å²) in [5.41, 5.74) is 3.09. The quantitative estimate of drug-likeness (QED) is 0.667. The molecule has 4 atom stereocenters. The molecular weight excluding hydrogens is 360 g/mol. The van der Waals surface area contributed by atoms with Crippen molar-refractivity contribution in [3.05, 3.63) is 59.2 Å². The number of ether oxygens (including phenoxy) is 1. The number of hydrogen-bond donors (Lipinski definition) is 1. The lowest BCUT2D eigenvalue weighted by Gasteiger charge is -2.20. The smallest absolute Gasteiger partial charge is 0.236 e. The fourth-order valence-electron chi connectivity index (χ4n) is 5.08. The Kier molecular flexibility index (Phi) is 4.41. The summed E-state index contributed by atoms with van der Waals surface area (Å²) in [6.45, 7) is 2.26. The number of nitrogens with zero attached hydrogens (tertiary/aromatic N) is 1. The lowest BCUT2D eigenvalue weighted by Crippen LogP contribution is -2.34. The predicted octanol–water partition coefficient (Wildman–Crippen LogP) is 4.98. The van der Waals surface area contributed by atoms with Crippen LogP contribution in [0.1, 0.15) is 51.9 Å². The fraction of sp³-hybridized carbons (Fsp3) is 0.520. The number of amides is 1. The second kappa shape index (κ2) is 6.86. The van der Waals surface area contributed by atoms with E-state index in [4.69, 9.17) is 9.73 Å². The summed E-state index contributed by atoms with van der Waals surface area (Å²) in [5, 5.41) is 3.08. The van der Waals surface area contributed by atoms with Gasteiger partial charge >= 0.3 is 0 Å². The van der Waals surface area contributed by atoms with Crippen LogP contribution in [0.2, 0.25) is 0 Å². The number of carbonyl (C=O) groups is 1. The molecule has 5 rings (SSSR count). The van der Waals surface area contributed by atoms with E-state index in [-0.39, 0.29) is 11.8 Å². The molecule has 1 amide bonds. The van der Waals surface area contributed by atoms with E-state index < -0.39 is 5.41 Å². The standard InChI is InChI=1S/C25H30N2O2/c1-3-4-9-24-10-8-17(11-18(24)14-24)22-12-19-15-25(19,16-26-22)23(28)27-20-6-5-7-21(13-20)29-2/h6,8,10-13,16,18-19H,3-5,7,9,14-15H2,1-2H3,(H,27,28). The molecule has 1 N–H and O–H groups in total. The number of aliphatic imine (C=N–C) groups is 1. The summed E-state index contributed by atoms with van der Waals surface area (Å²) in [7, 11) is 1.68. The zero-order chi connectivity index (χ0) is 20.1. The van der Waals surface area contributed by atoms with E-state index in [1.165, 1.54) is 31.3 Å². The van der Waals surface area contributed by atoms with Gasteiger partial charge in [0.1, 0.15) is 0 Å². The van der Waals surface area contributed by atoms with Crippen molar-refractivity contribution in [1.29, 1.82) is 0 Å². The Hall–Kier alpha value is -2.36. The van der Waals surface area contributed by atoms with Crippen molar-refractivity contribution in [3.63, 3.8) is 0 Å². The molecule has 4 nitrogen and oxygen atoms in total. The Labute approximate surface area is 173 Å². The van der Waals surface area contributed by atoms with Gasteiger partial charge in [0.2, 0.25) is 5.91 Å². The normalized spacial score (nSPS) is 36.1. The maximum Gasteiger partial charge on any atom is 0.236 e. The van der Waals surface area contributed by atoms with E-state index in [0.717, 1.165) is 36.4 Å². The zero-order valence-corrected chi connectivity index (χ0v) is 17.4. The Morgan fingerprint density at radius 3 is 2.97 bits per heavy atom. The molecule has 0 saturated heterocycles. The van der Waals surface area contributed by atoms with Crippen LogP contribution in [0.4, 0.5) is 0 Å². The van der Waals surface area contributed by atoms with Crippen molar-refractivity contribution in [2.45, 2.75) is 51.9 Å². The molecule has 0 bridgehead atoms. The Balaban J connectivity index is 1.24. The van der Waals surface area contributed by atoms with Gasteiger partial charge in [0.05, 0.1) is 24.0 Å². The third-order valence-corrected chi connectivity index (χ3v) is 7.31. The molecule has 2 saturated carbocycles. The van der Waals surface area contributed by atoms with Gasteiger partial charge in [-0.1, -0.05) is 50.1 Å². The van der Waals surface area contributed by atoms with Crippen LogP contribution in [0.5, 0.6) is 0 Å². The Morgan fingerprint density at radius 1 is 1.31 bits per heavy atom. The second-order valence-corrected chi connectivity index (χ2v) is 9.23. The first kappa shape index (κ1) is 18.7. The Morgan fingerprint density at radius 2 is 2.21 bits per heavy atom. The van der Waals surface area contributed by atoms with Crippen molar-refractivity contribution < 1.29 is 9.53 Å². The van der Waals surface area contributed by atoms with E-state index in [0.29, 0.717) is 11.3 Å². The number of carbonyl (C=O) groups excluding carboxylic acids is 1. The monoisotopic (exact) mass is 390 g/mol. The van der Waals surface area contributed by atoms with Crippen molar-refractivity contribution in [1.82, 2.24) is 5.32 Å². The highest BCUT2D eigenvalue weighted by atomic mass is 16.5. The first-order chi connectivity index (χ1) is 14.1. The third kappa shape index (κ3) is 3.23. The minimum atomic E-state index is -0.466. The predicted molar refractivity (Wildman–Crippen MR) is 115 cm³/mol. The molecule has 0 aromatic heterocycles. The highest BCUT2D eigenvalue weighted by Gasteiger charge is 2.59. The molecular formula is C25H30N2O2. The van der Waals surface area contributed by atoms with Crippen LogP contribution in [-0.4, -0.2) is 19.2 Å². The van der Waals surface area contributed by atoms with E-state index in [2.05, 4.69) is 42.6 Å². The van der Waals surface area contributed by atoms with Gasteiger partial charge < -0.3 is 10.1 Å². The molecule has 1 aliphatic heterocycles. The highest BCUT2D eigenvalue weighted by Crippen LogP contribution is 2.61. The van der Waals surface area contributed by atoms with E-state index in [9.17, 15) is 4.79 Å². The van der Waals surface area contributed by atoms with Crippen LogP contribution in [0.25, 0.3) is 0 Å². The molecule has 152 valence electrons. The largest absolute Gasteiger partial charge is 0.501 e. The third-order valence-electron chi connectivity index (χ3n) is 7.31. The summed E-state index contributed by atoms with van der Waals surface area (Å²) < 4.78 is 5.33. The number of unbranched alkanes of at least 4 members (excludes halogenated alkanes) is 1. The van der Waals surface area contributed by atoms with Gasteiger partial charge in [-0.05, 0) is 48.7 Å². The lowest BCUT2D eigenvalue weighted by molar-refractivity contribution is -0.123. The van der Waals surface area contributed by atoms with Crippen LogP contribution in [0.15, 0.2) is 64.2 Å². The molecule has 29 heavy (non-hydrogen) atoms. The average Bonchev–Trinajstić information content (AvgIpc) is 3.64. The molecule has 0 radical (unpaired) electrons. The number of allylic oxidation sites excluding steroid dienone is 7. The van der Waals surface area contributed by atoms with Crippen molar-refractivity contribution in [3.8, 4) is 0 Å². The SMILES string of the molecule is CCCCC12C=CC(C3=CC4CC4(C(=O)NC4=CCCC(OC)=C4)C=N3)=CC1C2. The molecule has 2 fully saturated rings. The van der Waals surface area contributed by atoms with Gasteiger partial charge in [-0.15, -0.1) is 0 Å². The van der Waals surface area contributed by atoms with Crippen LogP contribution in [0, 0.1) is 22.7 Å². The topological polar surface area (TPSA) is 50.7 Å². The maximum atomic E-state index is 12.9. The summed E-state index contributed by atoms with van der Waals surface area (Å²) >= 11 is 0. The average molecular weight is 391 g/mol. The van der Waals surface area contributed by atoms with Gasteiger partial charge in [-0.3, -0.25) is 9.79 Å². The maximum absolute atomic E-state index is 12.9. The van der Waals surface area contributed by atoms with Gasteiger partial charge in [-0.2, -0.15) is 0 Å². The number of hydrogen-bond acceptors (Lipinski definition) is 3. The first-order valence-electron chi connectivity index (χ1n) is 11.0. The van der Waals surface area contributed by atoms with Gasteiger partial charge in [-0.25, -0.2) is 0 Å². The lowest BCUT2D eigenvalue weighted by atomic mass is 9.89.